The predicted octanol–water partition coefficient (Wildman–Crippen LogP) is 1.84. The van der Waals surface area contributed by atoms with Crippen molar-refractivity contribution in [2.45, 2.75) is 32.1 Å². The Hall–Kier alpha value is -2.99. The molecule has 5 nitrogen and oxygen atoms in total. The largest absolute Gasteiger partial charge is 0.862 e. The zero-order valence-electron chi connectivity index (χ0n) is 17.0. The molecule has 0 aliphatic heterocycles. The van der Waals surface area contributed by atoms with Crippen LogP contribution in [0.25, 0.3) is 0 Å². The smallest absolute Gasteiger partial charge is 0.220 e. The van der Waals surface area contributed by atoms with E-state index in [0.717, 1.165) is 24.1 Å². The van der Waals surface area contributed by atoms with Crippen molar-refractivity contribution in [3.05, 3.63) is 107 Å². The summed E-state index contributed by atoms with van der Waals surface area (Å²) in [5, 5.41) is 24.3. The second-order valence-corrected chi connectivity index (χ2v) is 6.86. The molecule has 0 aromatic heterocycles. The summed E-state index contributed by atoms with van der Waals surface area (Å²) >= 11 is 0. The number of benzene rings is 3. The zero-order valence-corrected chi connectivity index (χ0v) is 17.0. The van der Waals surface area contributed by atoms with Gasteiger partial charge in [0.2, 0.25) is 5.91 Å². The van der Waals surface area contributed by atoms with Gasteiger partial charge in [0, 0.05) is 13.0 Å². The van der Waals surface area contributed by atoms with E-state index in [2.05, 4.69) is 17.4 Å². The first-order valence-electron chi connectivity index (χ1n) is 10.0. The monoisotopic (exact) mass is 404 g/mol. The molecule has 158 valence electrons. The first-order chi connectivity index (χ1) is 14.6. The first-order valence-corrected chi connectivity index (χ1v) is 10.0. The molecule has 0 aliphatic rings. The highest BCUT2D eigenvalue weighted by atomic mass is 16.5. The van der Waals surface area contributed by atoms with Crippen LogP contribution in [-0.2, 0) is 24.2 Å². The summed E-state index contributed by atoms with van der Waals surface area (Å²) in [5.74, 6) is -0.0199. The Bertz CT molecular complexity index is 851. The number of nitrogens with two attached hydrogens (primary N) is 1. The first kappa shape index (κ1) is 23.3. The highest BCUT2D eigenvalue weighted by molar-refractivity contribution is 5.76. The van der Waals surface area contributed by atoms with E-state index in [1.54, 1.807) is 12.1 Å². The van der Waals surface area contributed by atoms with Gasteiger partial charge in [-0.1, -0.05) is 90.5 Å². The number of hydrogen-bond donors (Lipinski definition) is 2. The van der Waals surface area contributed by atoms with Gasteiger partial charge in [-0.15, -0.1) is 0 Å². The number of nitrogens with one attached hydrogen (secondary N) is 1. The van der Waals surface area contributed by atoms with Crippen LogP contribution in [0.2, 0.25) is 0 Å². The van der Waals surface area contributed by atoms with Gasteiger partial charge in [0.15, 0.2) is 0 Å². The van der Waals surface area contributed by atoms with E-state index < -0.39 is 6.29 Å². The van der Waals surface area contributed by atoms with E-state index in [0.29, 0.717) is 19.4 Å². The molecule has 0 spiro atoms. The van der Waals surface area contributed by atoms with Gasteiger partial charge in [0.05, 0.1) is 0 Å². The van der Waals surface area contributed by atoms with Crippen molar-refractivity contribution >= 4 is 5.91 Å². The second-order valence-electron chi connectivity index (χ2n) is 6.86. The molecule has 3 aromatic rings. The maximum Gasteiger partial charge on any atom is 0.220 e. The Morgan fingerprint density at radius 1 is 0.767 bits per heavy atom. The van der Waals surface area contributed by atoms with Gasteiger partial charge in [-0.3, -0.25) is 4.79 Å². The number of rotatable bonds is 8. The third-order valence-corrected chi connectivity index (χ3v) is 4.50. The topological polar surface area (TPSA) is 101 Å². The maximum atomic E-state index is 11.8. The van der Waals surface area contributed by atoms with Crippen LogP contribution in [0.1, 0.15) is 35.0 Å². The number of carbonyl (C=O) groups is 1. The van der Waals surface area contributed by atoms with Gasteiger partial charge in [0.25, 0.3) is 0 Å². The van der Waals surface area contributed by atoms with Gasteiger partial charge >= 0.3 is 0 Å². The number of hydrogen-bond acceptors (Lipinski definition) is 4. The van der Waals surface area contributed by atoms with E-state index in [4.69, 9.17) is 5.73 Å². The van der Waals surface area contributed by atoms with Crippen LogP contribution in [0.15, 0.2) is 84.9 Å². The Morgan fingerprint density at radius 2 is 1.30 bits per heavy atom. The Labute approximate surface area is 178 Å². The highest BCUT2D eigenvalue weighted by Crippen LogP contribution is 2.09. The number of amides is 1. The van der Waals surface area contributed by atoms with Gasteiger partial charge in [-0.25, -0.2) is 0 Å². The van der Waals surface area contributed by atoms with Crippen LogP contribution in [0.4, 0.5) is 0 Å². The van der Waals surface area contributed by atoms with Gasteiger partial charge in [0.1, 0.15) is 0 Å². The summed E-state index contributed by atoms with van der Waals surface area (Å²) in [6, 6.07) is 26.5. The summed E-state index contributed by atoms with van der Waals surface area (Å²) in [4.78, 5) is 11.8. The van der Waals surface area contributed by atoms with Crippen molar-refractivity contribution in [1.29, 1.82) is 0 Å². The highest BCUT2D eigenvalue weighted by Gasteiger charge is 2.02. The molecule has 3 rings (SSSR count). The molecule has 0 aliphatic carbocycles. The Kier molecular flexibility index (Phi) is 10.3. The van der Waals surface area contributed by atoms with Crippen molar-refractivity contribution in [3.8, 4) is 0 Å². The fraction of sp³-hybridized carbons (Fsp3) is 0.240. The summed E-state index contributed by atoms with van der Waals surface area (Å²) in [5.41, 5.74) is 8.91. The van der Waals surface area contributed by atoms with Crippen LogP contribution < -0.4 is 21.3 Å². The Balaban J connectivity index is 0.000000297. The SMILES string of the molecule is NCCc1ccccc1.O=C(CCc1ccc(C([O-])[O-])cc1)NCc1ccccc1. The van der Waals surface area contributed by atoms with Gasteiger partial charge in [-0.05, 0) is 36.1 Å². The van der Waals surface area contributed by atoms with Crippen molar-refractivity contribution in [2.24, 2.45) is 5.73 Å². The lowest BCUT2D eigenvalue weighted by molar-refractivity contribution is -0.668. The average molecular weight is 405 g/mol. The standard InChI is InChI=1S/C17H17NO3.C8H11N/c19-16(18-12-14-4-2-1-3-5-14)11-8-13-6-9-15(10-7-13)17(20)21;9-7-6-8-4-2-1-3-5-8/h1-7,9-10,17H,8,11-12H2,(H,18,19);1-5H,6-7,9H2/q-2;. The predicted molar refractivity (Wildman–Crippen MR) is 115 cm³/mol. The van der Waals surface area contributed by atoms with E-state index in [1.165, 1.54) is 17.7 Å². The van der Waals surface area contributed by atoms with Crippen LogP contribution in [0.5, 0.6) is 0 Å². The fourth-order valence-corrected chi connectivity index (χ4v) is 2.80. The lowest BCUT2D eigenvalue weighted by Crippen LogP contribution is -2.28. The minimum Gasteiger partial charge on any atom is -0.862 e. The summed E-state index contributed by atoms with van der Waals surface area (Å²) in [6.07, 6.45) is 0.00214. The summed E-state index contributed by atoms with van der Waals surface area (Å²) in [7, 11) is 0. The average Bonchev–Trinajstić information content (AvgIpc) is 2.78. The molecule has 0 heterocycles. The van der Waals surface area contributed by atoms with Crippen LogP contribution in [0, 0.1) is 0 Å². The molecule has 5 heteroatoms. The maximum absolute atomic E-state index is 11.8. The zero-order chi connectivity index (χ0) is 21.6. The normalized spacial score (nSPS) is 10.3. The summed E-state index contributed by atoms with van der Waals surface area (Å²) in [6.45, 7) is 1.26. The summed E-state index contributed by atoms with van der Waals surface area (Å²) < 4.78 is 0. The van der Waals surface area contributed by atoms with Crippen LogP contribution >= 0.6 is 0 Å². The number of carbonyl (C=O) groups excluding carboxylic acids is 1. The second kappa shape index (κ2) is 13.3. The molecular formula is C25H28N2O3-2. The molecular weight excluding hydrogens is 376 g/mol. The molecule has 0 bridgehead atoms. The van der Waals surface area contributed by atoms with E-state index >= 15 is 0 Å². The molecule has 0 saturated carbocycles. The van der Waals surface area contributed by atoms with E-state index in [1.807, 2.05) is 48.5 Å². The minimum absolute atomic E-state index is 0.0199. The third kappa shape index (κ3) is 9.01. The lowest BCUT2D eigenvalue weighted by atomic mass is 10.1. The van der Waals surface area contributed by atoms with Crippen molar-refractivity contribution in [1.82, 2.24) is 5.32 Å². The molecule has 30 heavy (non-hydrogen) atoms. The molecule has 0 atom stereocenters. The van der Waals surface area contributed by atoms with E-state index in [9.17, 15) is 15.0 Å². The Morgan fingerprint density at radius 3 is 1.83 bits per heavy atom. The quantitative estimate of drug-likeness (QED) is 0.559. The van der Waals surface area contributed by atoms with Crippen molar-refractivity contribution < 1.29 is 15.0 Å². The fourth-order valence-electron chi connectivity index (χ4n) is 2.80. The van der Waals surface area contributed by atoms with Gasteiger partial charge < -0.3 is 21.3 Å². The van der Waals surface area contributed by atoms with Crippen LogP contribution in [0.3, 0.4) is 0 Å². The molecule has 3 aromatic carbocycles. The molecule has 1 amide bonds. The van der Waals surface area contributed by atoms with Crippen molar-refractivity contribution in [3.63, 3.8) is 0 Å². The van der Waals surface area contributed by atoms with E-state index in [-0.39, 0.29) is 11.5 Å². The molecule has 0 fully saturated rings. The molecule has 0 saturated heterocycles. The van der Waals surface area contributed by atoms with Gasteiger partial charge in [-0.2, -0.15) is 6.29 Å². The minimum atomic E-state index is -1.95. The molecule has 0 radical (unpaired) electrons. The molecule has 0 unspecified atom stereocenters. The third-order valence-electron chi connectivity index (χ3n) is 4.50. The number of aryl methyl sites for hydroxylation is 1. The van der Waals surface area contributed by atoms with Crippen LogP contribution in [-0.4, -0.2) is 12.5 Å². The molecule has 3 N–H and O–H groups in total. The lowest BCUT2D eigenvalue weighted by Gasteiger charge is -2.29. The van der Waals surface area contributed by atoms with Crippen molar-refractivity contribution in [2.75, 3.05) is 6.54 Å².